The van der Waals surface area contributed by atoms with E-state index in [-0.39, 0.29) is 17.8 Å². The summed E-state index contributed by atoms with van der Waals surface area (Å²) in [5, 5.41) is 10.5. The average molecular weight is 319 g/mol. The number of alkyl halides is 3. The lowest BCUT2D eigenvalue weighted by Crippen LogP contribution is -2.29. The highest BCUT2D eigenvalue weighted by molar-refractivity contribution is 5.83. The molecule has 0 bridgehead atoms. The van der Waals surface area contributed by atoms with Gasteiger partial charge in [0.1, 0.15) is 0 Å². The maximum atomic E-state index is 13.1. The fraction of sp³-hybridized carbons (Fsp3) is 0.500. The lowest BCUT2D eigenvalue weighted by atomic mass is 10.1. The molecule has 0 radical (unpaired) electrons. The molecule has 5 nitrogen and oxygen atoms in total. The maximum absolute atomic E-state index is 13.1. The lowest BCUT2D eigenvalue weighted by molar-refractivity contribution is -0.138. The Morgan fingerprint density at radius 1 is 1.23 bits per heavy atom. The molecular weight excluding hydrogens is 299 g/mol. The topological polar surface area (TPSA) is 55.8 Å². The number of benzene rings is 1. The number of amides is 1. The summed E-state index contributed by atoms with van der Waals surface area (Å²) in [6.45, 7) is 1.49. The van der Waals surface area contributed by atoms with Gasteiger partial charge in [0.05, 0.1) is 5.56 Å². The Labute approximate surface area is 127 Å². The molecule has 22 heavy (non-hydrogen) atoms. The highest BCUT2D eigenvalue weighted by atomic mass is 19.4. The third kappa shape index (κ3) is 5.90. The number of nitrogens with one attached hydrogen (secondary N) is 1. The summed E-state index contributed by atoms with van der Waals surface area (Å²) in [6, 6.07) is 3.46. The molecule has 1 rings (SSSR count). The molecule has 0 saturated carbocycles. The molecule has 0 fully saturated rings. The Morgan fingerprint density at radius 2 is 1.86 bits per heavy atom. The van der Waals surface area contributed by atoms with Crippen LogP contribution in [0, 0.1) is 0 Å². The van der Waals surface area contributed by atoms with Crippen LogP contribution in [0.4, 0.5) is 23.7 Å². The van der Waals surface area contributed by atoms with Gasteiger partial charge in [-0.25, -0.2) is 4.79 Å². The molecule has 0 atom stereocenters. The first-order chi connectivity index (χ1) is 10.1. The van der Waals surface area contributed by atoms with Gasteiger partial charge in [-0.3, -0.25) is 5.32 Å². The van der Waals surface area contributed by atoms with Gasteiger partial charge in [-0.1, -0.05) is 6.07 Å². The van der Waals surface area contributed by atoms with Gasteiger partial charge in [0, 0.05) is 25.3 Å². The van der Waals surface area contributed by atoms with Crippen molar-refractivity contribution >= 4 is 11.8 Å². The number of hydrogen-bond acceptors (Lipinski definition) is 3. The van der Waals surface area contributed by atoms with Gasteiger partial charge in [-0.2, -0.15) is 13.2 Å². The number of rotatable bonds is 6. The van der Waals surface area contributed by atoms with Crippen molar-refractivity contribution < 1.29 is 23.1 Å². The molecule has 1 amide bonds. The number of nitrogens with zero attached hydrogens (tertiary/aromatic N) is 2. The summed E-state index contributed by atoms with van der Waals surface area (Å²) in [4.78, 5) is 14.3. The predicted molar refractivity (Wildman–Crippen MR) is 78.0 cm³/mol. The zero-order chi connectivity index (χ0) is 16.9. The number of halogens is 3. The molecule has 0 aromatic heterocycles. The Kier molecular flexibility index (Phi) is 6.19. The van der Waals surface area contributed by atoms with E-state index in [0.29, 0.717) is 6.54 Å². The number of anilines is 1. The van der Waals surface area contributed by atoms with Crippen LogP contribution >= 0.6 is 0 Å². The minimum atomic E-state index is -4.53. The van der Waals surface area contributed by atoms with E-state index >= 15 is 0 Å². The number of carboxylic acid groups (broad SMARTS) is 1. The first-order valence-electron chi connectivity index (χ1n) is 6.63. The molecule has 0 aliphatic carbocycles. The Morgan fingerprint density at radius 3 is 2.36 bits per heavy atom. The normalized spacial score (nSPS) is 12.0. The zero-order valence-corrected chi connectivity index (χ0v) is 12.7. The minimum absolute atomic E-state index is 0.0977. The SMILES string of the molecule is CN(C)CCN(C)Cc1ccc(NC(=O)O)cc1C(F)(F)F. The van der Waals surface area contributed by atoms with Gasteiger partial charge in [-0.05, 0) is 38.8 Å². The van der Waals surface area contributed by atoms with Gasteiger partial charge < -0.3 is 14.9 Å². The molecule has 124 valence electrons. The summed E-state index contributed by atoms with van der Waals surface area (Å²) in [7, 11) is 5.52. The third-order valence-electron chi connectivity index (χ3n) is 3.04. The highest BCUT2D eigenvalue weighted by Gasteiger charge is 2.33. The largest absolute Gasteiger partial charge is 0.465 e. The molecule has 1 aromatic carbocycles. The predicted octanol–water partition coefficient (Wildman–Crippen LogP) is 2.79. The maximum Gasteiger partial charge on any atom is 0.416 e. The van der Waals surface area contributed by atoms with Gasteiger partial charge >= 0.3 is 12.3 Å². The van der Waals surface area contributed by atoms with Crippen LogP contribution < -0.4 is 5.32 Å². The second-order valence-corrected chi connectivity index (χ2v) is 5.34. The van der Waals surface area contributed by atoms with Crippen molar-refractivity contribution in [2.75, 3.05) is 39.5 Å². The monoisotopic (exact) mass is 319 g/mol. The van der Waals surface area contributed by atoms with Crippen LogP contribution in [0.2, 0.25) is 0 Å². The van der Waals surface area contributed by atoms with E-state index in [2.05, 4.69) is 0 Å². The van der Waals surface area contributed by atoms with Crippen LogP contribution in [-0.4, -0.2) is 55.2 Å². The van der Waals surface area contributed by atoms with Crippen molar-refractivity contribution in [1.82, 2.24) is 9.80 Å². The lowest BCUT2D eigenvalue weighted by Gasteiger charge is -2.22. The summed E-state index contributed by atoms with van der Waals surface area (Å²) in [6.07, 6.45) is -5.93. The fourth-order valence-corrected chi connectivity index (χ4v) is 1.92. The van der Waals surface area contributed by atoms with Crippen LogP contribution in [0.15, 0.2) is 18.2 Å². The van der Waals surface area contributed by atoms with Crippen molar-refractivity contribution in [3.05, 3.63) is 29.3 Å². The molecule has 1 aromatic rings. The van der Waals surface area contributed by atoms with Crippen LogP contribution in [0.5, 0.6) is 0 Å². The van der Waals surface area contributed by atoms with E-state index in [4.69, 9.17) is 5.11 Å². The standard InChI is InChI=1S/C14H20F3N3O2/c1-19(2)6-7-20(3)9-10-4-5-11(18-13(21)22)8-12(10)14(15,16)17/h4-5,8,18H,6-7,9H2,1-3H3,(H,21,22). The second kappa shape index (κ2) is 7.46. The quantitative estimate of drug-likeness (QED) is 0.846. The number of carbonyl (C=O) groups is 1. The second-order valence-electron chi connectivity index (χ2n) is 5.34. The van der Waals surface area contributed by atoms with Gasteiger partial charge in [-0.15, -0.1) is 0 Å². The van der Waals surface area contributed by atoms with Crippen LogP contribution in [0.3, 0.4) is 0 Å². The molecule has 8 heteroatoms. The van der Waals surface area contributed by atoms with Crippen molar-refractivity contribution in [2.45, 2.75) is 12.7 Å². The molecule has 0 spiro atoms. The van der Waals surface area contributed by atoms with Gasteiger partial charge in [0.2, 0.25) is 0 Å². The molecule has 0 unspecified atom stereocenters. The molecule has 0 aliphatic rings. The van der Waals surface area contributed by atoms with Crippen molar-refractivity contribution in [3.8, 4) is 0 Å². The molecule has 0 heterocycles. The minimum Gasteiger partial charge on any atom is -0.465 e. The van der Waals surface area contributed by atoms with Crippen molar-refractivity contribution in [1.29, 1.82) is 0 Å². The van der Waals surface area contributed by atoms with E-state index in [0.717, 1.165) is 12.6 Å². The zero-order valence-electron chi connectivity index (χ0n) is 12.7. The Hall–Kier alpha value is -1.80. The third-order valence-corrected chi connectivity index (χ3v) is 3.04. The van der Waals surface area contributed by atoms with E-state index in [1.165, 1.54) is 12.1 Å². The molecular formula is C14H20F3N3O2. The highest BCUT2D eigenvalue weighted by Crippen LogP contribution is 2.34. The van der Waals surface area contributed by atoms with E-state index in [9.17, 15) is 18.0 Å². The fourth-order valence-electron chi connectivity index (χ4n) is 1.92. The number of likely N-dealkylation sites (N-methyl/N-ethyl adjacent to an activating group) is 2. The van der Waals surface area contributed by atoms with E-state index < -0.39 is 17.8 Å². The smallest absolute Gasteiger partial charge is 0.416 e. The van der Waals surface area contributed by atoms with E-state index in [1.54, 1.807) is 11.9 Å². The first-order valence-corrected chi connectivity index (χ1v) is 6.63. The van der Waals surface area contributed by atoms with Crippen molar-refractivity contribution in [3.63, 3.8) is 0 Å². The summed E-state index contributed by atoms with van der Waals surface area (Å²) < 4.78 is 39.4. The van der Waals surface area contributed by atoms with Crippen LogP contribution in [0.25, 0.3) is 0 Å². The Balaban J connectivity index is 2.95. The van der Waals surface area contributed by atoms with Crippen LogP contribution in [-0.2, 0) is 12.7 Å². The number of hydrogen-bond donors (Lipinski definition) is 2. The molecule has 0 aliphatic heterocycles. The average Bonchev–Trinajstić information content (AvgIpc) is 2.36. The molecule has 2 N–H and O–H groups in total. The van der Waals surface area contributed by atoms with Crippen LogP contribution in [0.1, 0.15) is 11.1 Å². The summed E-state index contributed by atoms with van der Waals surface area (Å²) in [5.74, 6) is 0. The first kappa shape index (κ1) is 18.2. The Bertz CT molecular complexity index is 519. The summed E-state index contributed by atoms with van der Waals surface area (Å²) >= 11 is 0. The van der Waals surface area contributed by atoms with Gasteiger partial charge in [0.15, 0.2) is 0 Å². The van der Waals surface area contributed by atoms with E-state index in [1.807, 2.05) is 24.3 Å². The van der Waals surface area contributed by atoms with Crippen molar-refractivity contribution in [2.24, 2.45) is 0 Å². The molecule has 0 saturated heterocycles. The summed E-state index contributed by atoms with van der Waals surface area (Å²) in [5.41, 5.74) is -0.806. The van der Waals surface area contributed by atoms with Gasteiger partial charge in [0.25, 0.3) is 0 Å².